The first-order valence-corrected chi connectivity index (χ1v) is 5.59. The SMILES string of the molecule is COC(=O)C(C)CN(C)C(=O)NC(C)CC(=O)O. The molecule has 0 rings (SSSR count). The zero-order chi connectivity index (χ0) is 14.3. The van der Waals surface area contributed by atoms with Gasteiger partial charge in [0.05, 0.1) is 19.4 Å². The minimum Gasteiger partial charge on any atom is -0.481 e. The third kappa shape index (κ3) is 6.07. The van der Waals surface area contributed by atoms with Crippen molar-refractivity contribution in [2.24, 2.45) is 5.92 Å². The summed E-state index contributed by atoms with van der Waals surface area (Å²) < 4.78 is 4.55. The Morgan fingerprint density at radius 2 is 1.89 bits per heavy atom. The average Bonchev–Trinajstić information content (AvgIpc) is 2.26. The second kappa shape index (κ2) is 7.52. The molecule has 0 aromatic rings. The summed E-state index contributed by atoms with van der Waals surface area (Å²) in [6.07, 6.45) is -0.147. The van der Waals surface area contributed by atoms with Crippen LogP contribution in [0.25, 0.3) is 0 Å². The summed E-state index contributed by atoms with van der Waals surface area (Å²) >= 11 is 0. The van der Waals surface area contributed by atoms with E-state index in [1.54, 1.807) is 13.8 Å². The lowest BCUT2D eigenvalue weighted by molar-refractivity contribution is -0.145. The van der Waals surface area contributed by atoms with E-state index >= 15 is 0 Å². The van der Waals surface area contributed by atoms with Crippen LogP contribution in [-0.4, -0.2) is 54.7 Å². The van der Waals surface area contributed by atoms with E-state index in [2.05, 4.69) is 10.1 Å². The molecule has 0 saturated heterocycles. The molecule has 0 aromatic heterocycles. The van der Waals surface area contributed by atoms with E-state index in [-0.39, 0.29) is 13.0 Å². The van der Waals surface area contributed by atoms with Gasteiger partial charge in [0, 0.05) is 19.6 Å². The van der Waals surface area contributed by atoms with Crippen molar-refractivity contribution in [2.45, 2.75) is 26.3 Å². The fourth-order valence-corrected chi connectivity index (χ4v) is 1.40. The van der Waals surface area contributed by atoms with Crippen LogP contribution in [0.1, 0.15) is 20.3 Å². The molecule has 0 spiro atoms. The quantitative estimate of drug-likeness (QED) is 0.670. The molecule has 0 fully saturated rings. The Bertz CT molecular complexity index is 319. The number of carbonyl (C=O) groups is 3. The van der Waals surface area contributed by atoms with Crippen molar-refractivity contribution < 1.29 is 24.2 Å². The third-order valence-corrected chi connectivity index (χ3v) is 2.35. The summed E-state index contributed by atoms with van der Waals surface area (Å²) in [6, 6.07) is -0.884. The molecule has 104 valence electrons. The summed E-state index contributed by atoms with van der Waals surface area (Å²) in [5.74, 6) is -1.80. The number of hydrogen-bond acceptors (Lipinski definition) is 4. The second-order valence-corrected chi connectivity index (χ2v) is 4.25. The zero-order valence-corrected chi connectivity index (χ0v) is 11.1. The number of urea groups is 1. The first kappa shape index (κ1) is 16.2. The molecule has 0 aliphatic carbocycles. The van der Waals surface area contributed by atoms with Crippen LogP contribution in [0.4, 0.5) is 4.79 Å². The van der Waals surface area contributed by atoms with Gasteiger partial charge in [-0.2, -0.15) is 0 Å². The van der Waals surface area contributed by atoms with Gasteiger partial charge in [0.2, 0.25) is 0 Å². The number of nitrogens with one attached hydrogen (secondary N) is 1. The number of amides is 2. The fourth-order valence-electron chi connectivity index (χ4n) is 1.40. The van der Waals surface area contributed by atoms with Gasteiger partial charge in [-0.05, 0) is 6.92 Å². The summed E-state index contributed by atoms with van der Waals surface area (Å²) in [5, 5.41) is 11.1. The summed E-state index contributed by atoms with van der Waals surface area (Å²) in [4.78, 5) is 34.6. The maximum atomic E-state index is 11.7. The van der Waals surface area contributed by atoms with E-state index < -0.39 is 29.9 Å². The Morgan fingerprint density at radius 3 is 2.33 bits per heavy atom. The zero-order valence-electron chi connectivity index (χ0n) is 11.1. The van der Waals surface area contributed by atoms with Crippen LogP contribution in [0.3, 0.4) is 0 Å². The monoisotopic (exact) mass is 260 g/mol. The van der Waals surface area contributed by atoms with Crippen LogP contribution in [0.2, 0.25) is 0 Å². The van der Waals surface area contributed by atoms with Crippen LogP contribution in [-0.2, 0) is 14.3 Å². The molecule has 7 heteroatoms. The standard InChI is InChI=1S/C11H20N2O5/c1-7(10(16)18-4)6-13(3)11(17)12-8(2)5-9(14)15/h7-8H,5-6H2,1-4H3,(H,12,17)(H,14,15). The minimum atomic E-state index is -0.978. The highest BCUT2D eigenvalue weighted by atomic mass is 16.5. The molecule has 18 heavy (non-hydrogen) atoms. The Labute approximate surface area is 106 Å². The molecule has 2 atom stereocenters. The highest BCUT2D eigenvalue weighted by Crippen LogP contribution is 2.01. The number of ether oxygens (including phenoxy) is 1. The second-order valence-electron chi connectivity index (χ2n) is 4.25. The molecular formula is C11H20N2O5. The van der Waals surface area contributed by atoms with Crippen LogP contribution in [0, 0.1) is 5.92 Å². The van der Waals surface area contributed by atoms with Crippen molar-refractivity contribution in [2.75, 3.05) is 20.7 Å². The lowest BCUT2D eigenvalue weighted by Gasteiger charge is -2.22. The number of aliphatic carboxylic acids is 1. The highest BCUT2D eigenvalue weighted by molar-refractivity contribution is 5.77. The predicted molar refractivity (Wildman–Crippen MR) is 64.1 cm³/mol. The Morgan fingerprint density at radius 1 is 1.33 bits per heavy atom. The predicted octanol–water partition coefficient (Wildman–Crippen LogP) is 0.300. The number of esters is 1. The average molecular weight is 260 g/mol. The molecule has 0 bridgehead atoms. The van der Waals surface area contributed by atoms with Crippen LogP contribution >= 0.6 is 0 Å². The maximum Gasteiger partial charge on any atom is 0.317 e. The van der Waals surface area contributed by atoms with Crippen LogP contribution < -0.4 is 5.32 Å². The summed E-state index contributed by atoms with van der Waals surface area (Å²) in [6.45, 7) is 3.46. The van der Waals surface area contributed by atoms with Gasteiger partial charge < -0.3 is 20.1 Å². The van der Waals surface area contributed by atoms with E-state index in [1.165, 1.54) is 19.1 Å². The van der Waals surface area contributed by atoms with Crippen LogP contribution in [0.15, 0.2) is 0 Å². The normalized spacial score (nSPS) is 13.3. The summed E-state index contributed by atoms with van der Waals surface area (Å²) in [5.41, 5.74) is 0. The lowest BCUT2D eigenvalue weighted by Crippen LogP contribution is -2.44. The van der Waals surface area contributed by atoms with Crippen molar-refractivity contribution in [3.05, 3.63) is 0 Å². The van der Waals surface area contributed by atoms with Gasteiger partial charge in [-0.3, -0.25) is 9.59 Å². The van der Waals surface area contributed by atoms with Crippen molar-refractivity contribution in [3.63, 3.8) is 0 Å². The number of carboxylic acids is 1. The van der Waals surface area contributed by atoms with Gasteiger partial charge in [-0.15, -0.1) is 0 Å². The number of hydrogen-bond donors (Lipinski definition) is 2. The van der Waals surface area contributed by atoms with Crippen molar-refractivity contribution in [1.29, 1.82) is 0 Å². The minimum absolute atomic E-state index is 0.147. The third-order valence-electron chi connectivity index (χ3n) is 2.35. The smallest absolute Gasteiger partial charge is 0.317 e. The van der Waals surface area contributed by atoms with Gasteiger partial charge in [0.1, 0.15) is 0 Å². The topological polar surface area (TPSA) is 95.9 Å². The molecule has 0 radical (unpaired) electrons. The highest BCUT2D eigenvalue weighted by Gasteiger charge is 2.20. The van der Waals surface area contributed by atoms with Crippen LogP contribution in [0.5, 0.6) is 0 Å². The largest absolute Gasteiger partial charge is 0.481 e. The van der Waals surface area contributed by atoms with Gasteiger partial charge in [0.15, 0.2) is 0 Å². The Kier molecular flexibility index (Phi) is 6.77. The number of nitrogens with zero attached hydrogens (tertiary/aromatic N) is 1. The molecule has 0 saturated carbocycles. The van der Waals surface area contributed by atoms with Crippen molar-refractivity contribution >= 4 is 18.0 Å². The summed E-state index contributed by atoms with van der Waals surface area (Å²) in [7, 11) is 2.82. The van der Waals surface area contributed by atoms with E-state index in [0.717, 1.165) is 0 Å². The fraction of sp³-hybridized carbons (Fsp3) is 0.727. The number of rotatable bonds is 6. The molecular weight excluding hydrogens is 240 g/mol. The van der Waals surface area contributed by atoms with Gasteiger partial charge in [0.25, 0.3) is 0 Å². The van der Waals surface area contributed by atoms with Gasteiger partial charge in [-0.25, -0.2) is 4.79 Å². The van der Waals surface area contributed by atoms with E-state index in [9.17, 15) is 14.4 Å². The molecule has 2 amide bonds. The van der Waals surface area contributed by atoms with Crippen molar-refractivity contribution in [3.8, 4) is 0 Å². The van der Waals surface area contributed by atoms with E-state index in [0.29, 0.717) is 0 Å². The van der Waals surface area contributed by atoms with E-state index in [4.69, 9.17) is 5.11 Å². The molecule has 0 aliphatic heterocycles. The molecule has 2 unspecified atom stereocenters. The molecule has 0 heterocycles. The molecule has 2 N–H and O–H groups in total. The number of carbonyl (C=O) groups excluding carboxylic acids is 2. The number of carboxylic acid groups (broad SMARTS) is 1. The molecule has 0 aliphatic rings. The first-order valence-electron chi connectivity index (χ1n) is 5.59. The maximum absolute atomic E-state index is 11.7. The Balaban J connectivity index is 4.18. The van der Waals surface area contributed by atoms with Crippen molar-refractivity contribution in [1.82, 2.24) is 10.2 Å². The Hall–Kier alpha value is -1.79. The first-order chi connectivity index (χ1) is 8.27. The lowest BCUT2D eigenvalue weighted by atomic mass is 10.2. The van der Waals surface area contributed by atoms with E-state index in [1.807, 2.05) is 0 Å². The molecule has 0 aromatic carbocycles. The van der Waals surface area contributed by atoms with Gasteiger partial charge in [-0.1, -0.05) is 6.92 Å². The number of methoxy groups -OCH3 is 1. The molecule has 7 nitrogen and oxygen atoms in total. The van der Waals surface area contributed by atoms with Gasteiger partial charge >= 0.3 is 18.0 Å².